The van der Waals surface area contributed by atoms with Crippen molar-refractivity contribution in [3.05, 3.63) is 22.4 Å². The first-order valence-electron chi connectivity index (χ1n) is 7.56. The van der Waals surface area contributed by atoms with Crippen molar-refractivity contribution in [2.24, 2.45) is 0 Å². The zero-order valence-electron chi connectivity index (χ0n) is 13.0. The molecule has 1 fully saturated rings. The molecule has 0 aromatic carbocycles. The number of thiophene rings is 1. The van der Waals surface area contributed by atoms with Gasteiger partial charge in [0.2, 0.25) is 0 Å². The summed E-state index contributed by atoms with van der Waals surface area (Å²) in [5.41, 5.74) is 1.43. The van der Waals surface area contributed by atoms with Crippen molar-refractivity contribution in [2.45, 2.75) is 13.0 Å². The Morgan fingerprint density at radius 2 is 2.10 bits per heavy atom. The summed E-state index contributed by atoms with van der Waals surface area (Å²) in [5, 5.41) is 8.69. The summed E-state index contributed by atoms with van der Waals surface area (Å²) in [6, 6.07) is 2.22. The fourth-order valence-electron chi connectivity index (χ4n) is 2.45. The van der Waals surface area contributed by atoms with Gasteiger partial charge in [0, 0.05) is 39.3 Å². The van der Waals surface area contributed by atoms with Gasteiger partial charge in [-0.2, -0.15) is 11.3 Å². The minimum Gasteiger partial charge on any atom is -0.363 e. The highest BCUT2D eigenvalue weighted by Gasteiger charge is 2.18. The molecule has 1 aromatic heterocycles. The number of nitrogens with zero attached hydrogens (tertiary/aromatic N) is 3. The molecule has 0 unspecified atom stereocenters. The van der Waals surface area contributed by atoms with Crippen LogP contribution in [0.1, 0.15) is 12.0 Å². The van der Waals surface area contributed by atoms with E-state index in [9.17, 15) is 0 Å². The van der Waals surface area contributed by atoms with Crippen LogP contribution in [0.3, 0.4) is 0 Å². The van der Waals surface area contributed by atoms with E-state index in [2.05, 4.69) is 50.9 Å². The summed E-state index contributed by atoms with van der Waals surface area (Å²) in [5.74, 6) is 0. The highest BCUT2D eigenvalue weighted by Crippen LogP contribution is 2.11. The minimum atomic E-state index is 0.920. The Morgan fingerprint density at radius 3 is 2.71 bits per heavy atom. The fourth-order valence-corrected chi connectivity index (χ4v) is 3.40. The normalized spacial score (nSPS) is 16.4. The number of hydrogen-bond donors (Lipinski definition) is 1. The van der Waals surface area contributed by atoms with E-state index >= 15 is 0 Å². The number of hydrogen-bond acceptors (Lipinski definition) is 4. The maximum absolute atomic E-state index is 5.49. The molecule has 1 saturated heterocycles. The first kappa shape index (κ1) is 16.7. The molecular weight excluding hydrogens is 300 g/mol. The lowest BCUT2D eigenvalue weighted by atomic mass is 10.2. The first-order valence-corrected chi connectivity index (χ1v) is 8.91. The first-order chi connectivity index (χ1) is 10.1. The van der Waals surface area contributed by atoms with Gasteiger partial charge in [-0.25, -0.2) is 0 Å². The molecule has 6 heteroatoms. The molecule has 1 N–H and O–H groups in total. The molecule has 1 aliphatic rings. The van der Waals surface area contributed by atoms with Crippen LogP contribution in [-0.4, -0.2) is 73.2 Å². The van der Waals surface area contributed by atoms with Gasteiger partial charge >= 0.3 is 0 Å². The van der Waals surface area contributed by atoms with Crippen molar-refractivity contribution < 1.29 is 0 Å². The molecule has 0 atom stereocenters. The van der Waals surface area contributed by atoms with Gasteiger partial charge in [0.05, 0.1) is 0 Å². The molecular formula is C15H26N4S2. The molecule has 0 spiro atoms. The van der Waals surface area contributed by atoms with Gasteiger partial charge in [0.1, 0.15) is 0 Å². The van der Waals surface area contributed by atoms with Crippen molar-refractivity contribution >= 4 is 28.7 Å². The van der Waals surface area contributed by atoms with Gasteiger partial charge in [-0.05, 0) is 61.7 Å². The summed E-state index contributed by atoms with van der Waals surface area (Å²) in [6.45, 7) is 7.38. The summed E-state index contributed by atoms with van der Waals surface area (Å²) in [7, 11) is 4.20. The molecule has 118 valence electrons. The van der Waals surface area contributed by atoms with Crippen molar-refractivity contribution in [1.82, 2.24) is 20.0 Å². The maximum Gasteiger partial charge on any atom is 0.169 e. The van der Waals surface area contributed by atoms with Crippen LogP contribution in [0.2, 0.25) is 0 Å². The largest absolute Gasteiger partial charge is 0.363 e. The molecule has 2 rings (SSSR count). The van der Waals surface area contributed by atoms with Gasteiger partial charge in [0.25, 0.3) is 0 Å². The lowest BCUT2D eigenvalue weighted by Gasteiger charge is -2.36. The second kappa shape index (κ2) is 8.68. The Balaban J connectivity index is 1.62. The quantitative estimate of drug-likeness (QED) is 0.633. The number of nitrogens with one attached hydrogen (secondary N) is 1. The summed E-state index contributed by atoms with van der Waals surface area (Å²) in [4.78, 5) is 7.01. The molecule has 0 bridgehead atoms. The summed E-state index contributed by atoms with van der Waals surface area (Å²) >= 11 is 7.27. The maximum atomic E-state index is 5.49. The minimum absolute atomic E-state index is 0.920. The third-order valence-electron chi connectivity index (χ3n) is 3.70. The molecule has 0 radical (unpaired) electrons. The predicted octanol–water partition coefficient (Wildman–Crippen LogP) is 1.69. The Bertz CT molecular complexity index is 411. The van der Waals surface area contributed by atoms with E-state index in [1.165, 1.54) is 5.56 Å². The Kier molecular flexibility index (Phi) is 6.89. The van der Waals surface area contributed by atoms with E-state index in [1.54, 1.807) is 11.3 Å². The van der Waals surface area contributed by atoms with Crippen LogP contribution < -0.4 is 5.32 Å². The van der Waals surface area contributed by atoms with Crippen LogP contribution in [0.25, 0.3) is 0 Å². The number of rotatable bonds is 6. The Morgan fingerprint density at radius 1 is 1.33 bits per heavy atom. The predicted molar refractivity (Wildman–Crippen MR) is 94.9 cm³/mol. The highest BCUT2D eigenvalue weighted by atomic mass is 32.1. The standard InChI is InChI=1S/C15H26N4S2/c1-17(2)6-3-5-16-15(20)19-9-7-18(8-10-19)12-14-4-11-21-13-14/h4,11,13H,3,5-10,12H2,1-2H3,(H,16,20). The number of piperazine rings is 1. The Labute approximate surface area is 137 Å². The van der Waals surface area contributed by atoms with Crippen LogP contribution in [0.15, 0.2) is 16.8 Å². The van der Waals surface area contributed by atoms with Gasteiger partial charge in [-0.15, -0.1) is 0 Å². The average Bonchev–Trinajstić information content (AvgIpc) is 2.97. The van der Waals surface area contributed by atoms with Crippen LogP contribution >= 0.6 is 23.6 Å². The molecule has 2 heterocycles. The van der Waals surface area contributed by atoms with E-state index in [1.807, 2.05) is 0 Å². The van der Waals surface area contributed by atoms with Crippen LogP contribution in [0.4, 0.5) is 0 Å². The summed E-state index contributed by atoms with van der Waals surface area (Å²) in [6.07, 6.45) is 1.13. The van der Waals surface area contributed by atoms with E-state index in [-0.39, 0.29) is 0 Å². The van der Waals surface area contributed by atoms with Crippen molar-refractivity contribution in [3.8, 4) is 0 Å². The second-order valence-corrected chi connectivity index (χ2v) is 6.95. The lowest BCUT2D eigenvalue weighted by molar-refractivity contribution is 0.174. The molecule has 0 amide bonds. The van der Waals surface area contributed by atoms with Crippen molar-refractivity contribution in [3.63, 3.8) is 0 Å². The van der Waals surface area contributed by atoms with Crippen LogP contribution in [0.5, 0.6) is 0 Å². The van der Waals surface area contributed by atoms with Gasteiger partial charge in [0.15, 0.2) is 5.11 Å². The van der Waals surface area contributed by atoms with E-state index in [0.29, 0.717) is 0 Å². The third kappa shape index (κ3) is 5.90. The molecule has 1 aliphatic heterocycles. The van der Waals surface area contributed by atoms with Crippen LogP contribution in [0, 0.1) is 0 Å². The van der Waals surface area contributed by atoms with E-state index in [0.717, 1.165) is 57.3 Å². The topological polar surface area (TPSA) is 21.8 Å². The van der Waals surface area contributed by atoms with Crippen molar-refractivity contribution in [2.75, 3.05) is 53.4 Å². The highest BCUT2D eigenvalue weighted by molar-refractivity contribution is 7.80. The summed E-state index contributed by atoms with van der Waals surface area (Å²) < 4.78 is 0. The second-order valence-electron chi connectivity index (χ2n) is 5.78. The molecule has 0 saturated carbocycles. The van der Waals surface area contributed by atoms with Crippen LogP contribution in [-0.2, 0) is 6.54 Å². The average molecular weight is 327 g/mol. The van der Waals surface area contributed by atoms with E-state index in [4.69, 9.17) is 12.2 Å². The SMILES string of the molecule is CN(C)CCCNC(=S)N1CCN(Cc2ccsc2)CC1. The fraction of sp³-hybridized carbons (Fsp3) is 0.667. The monoisotopic (exact) mass is 326 g/mol. The van der Waals surface area contributed by atoms with Gasteiger partial charge in [-0.1, -0.05) is 0 Å². The number of thiocarbonyl (C=S) groups is 1. The van der Waals surface area contributed by atoms with Gasteiger partial charge in [-0.3, -0.25) is 4.90 Å². The lowest BCUT2D eigenvalue weighted by Crippen LogP contribution is -2.51. The zero-order chi connectivity index (χ0) is 15.1. The smallest absolute Gasteiger partial charge is 0.169 e. The molecule has 4 nitrogen and oxygen atoms in total. The van der Waals surface area contributed by atoms with Gasteiger partial charge < -0.3 is 15.1 Å². The zero-order valence-corrected chi connectivity index (χ0v) is 14.7. The van der Waals surface area contributed by atoms with Crippen molar-refractivity contribution in [1.29, 1.82) is 0 Å². The molecule has 21 heavy (non-hydrogen) atoms. The molecule has 0 aliphatic carbocycles. The Hall–Kier alpha value is -0.690. The third-order valence-corrected chi connectivity index (χ3v) is 4.84. The molecule has 1 aromatic rings. The van der Waals surface area contributed by atoms with E-state index < -0.39 is 0 Å².